The molecule has 2 aromatic rings. The molecule has 1 aliphatic heterocycles. The highest BCUT2D eigenvalue weighted by Crippen LogP contribution is 2.23. The van der Waals surface area contributed by atoms with E-state index in [9.17, 15) is 4.79 Å². The number of aromatic amines is 1. The molecule has 0 spiro atoms. The Kier molecular flexibility index (Phi) is 4.80. The fraction of sp³-hybridized carbons (Fsp3) is 0.385. The molecular weight excluding hydrogens is 296 g/mol. The number of amides is 1. The summed E-state index contributed by atoms with van der Waals surface area (Å²) in [6.07, 6.45) is 0. The van der Waals surface area contributed by atoms with E-state index < -0.39 is 0 Å². The summed E-state index contributed by atoms with van der Waals surface area (Å²) in [5, 5.41) is 12.4. The molecule has 3 rings (SSSR count). The number of thiophene rings is 1. The second kappa shape index (κ2) is 6.39. The molecule has 20 heavy (non-hydrogen) atoms. The fourth-order valence-corrected chi connectivity index (χ4v) is 2.97. The number of halogens is 1. The third-order valence-electron chi connectivity index (χ3n) is 3.35. The van der Waals surface area contributed by atoms with Crippen molar-refractivity contribution in [3.05, 3.63) is 29.3 Å². The third-order valence-corrected chi connectivity index (χ3v) is 4.25. The van der Waals surface area contributed by atoms with E-state index in [0.717, 1.165) is 30.2 Å². The van der Waals surface area contributed by atoms with Crippen molar-refractivity contribution in [1.82, 2.24) is 20.4 Å². The molecule has 2 N–H and O–H groups in total. The number of nitrogens with zero attached hydrogens (tertiary/aromatic N) is 2. The molecule has 1 amide bonds. The number of piperazine rings is 1. The Bertz CT molecular complexity index is 569. The zero-order valence-corrected chi connectivity index (χ0v) is 12.8. The van der Waals surface area contributed by atoms with Gasteiger partial charge in [0.2, 0.25) is 0 Å². The van der Waals surface area contributed by atoms with E-state index in [4.69, 9.17) is 0 Å². The molecule has 0 radical (unpaired) electrons. The van der Waals surface area contributed by atoms with Crippen LogP contribution in [0.25, 0.3) is 10.6 Å². The monoisotopic (exact) mass is 312 g/mol. The number of rotatable bonds is 2. The van der Waals surface area contributed by atoms with Crippen molar-refractivity contribution in [2.45, 2.75) is 13.0 Å². The van der Waals surface area contributed by atoms with Crippen LogP contribution in [-0.4, -0.2) is 46.7 Å². The van der Waals surface area contributed by atoms with Crippen molar-refractivity contribution in [1.29, 1.82) is 0 Å². The SMILES string of the molecule is C[C@@H]1CNCCN1C(=O)c1cc(-c2cccs2)[nH]n1.Cl. The van der Waals surface area contributed by atoms with Crippen molar-refractivity contribution < 1.29 is 4.79 Å². The van der Waals surface area contributed by atoms with Gasteiger partial charge in [-0.25, -0.2) is 0 Å². The Balaban J connectivity index is 0.00000147. The lowest BCUT2D eigenvalue weighted by Crippen LogP contribution is -2.52. The molecule has 0 unspecified atom stereocenters. The molecule has 0 aromatic carbocycles. The van der Waals surface area contributed by atoms with Crippen LogP contribution in [-0.2, 0) is 0 Å². The normalized spacial score (nSPS) is 18.6. The van der Waals surface area contributed by atoms with Crippen molar-refractivity contribution in [2.75, 3.05) is 19.6 Å². The van der Waals surface area contributed by atoms with E-state index in [-0.39, 0.29) is 24.4 Å². The largest absolute Gasteiger partial charge is 0.332 e. The van der Waals surface area contributed by atoms with Gasteiger partial charge in [0, 0.05) is 25.7 Å². The molecule has 2 aromatic heterocycles. The van der Waals surface area contributed by atoms with Crippen molar-refractivity contribution in [2.24, 2.45) is 0 Å². The van der Waals surface area contributed by atoms with Crippen LogP contribution in [0.15, 0.2) is 23.6 Å². The predicted octanol–water partition coefficient (Wildman–Crippen LogP) is 1.99. The van der Waals surface area contributed by atoms with Gasteiger partial charge in [-0.1, -0.05) is 6.07 Å². The molecule has 1 aliphatic rings. The van der Waals surface area contributed by atoms with Crippen molar-refractivity contribution in [3.8, 4) is 10.6 Å². The molecule has 5 nitrogen and oxygen atoms in total. The highest BCUT2D eigenvalue weighted by atomic mass is 35.5. The quantitative estimate of drug-likeness (QED) is 0.891. The summed E-state index contributed by atoms with van der Waals surface area (Å²) in [5.74, 6) is 0.00746. The lowest BCUT2D eigenvalue weighted by molar-refractivity contribution is 0.0649. The minimum Gasteiger partial charge on any atom is -0.332 e. The topological polar surface area (TPSA) is 61.0 Å². The number of nitrogens with one attached hydrogen (secondary N) is 2. The van der Waals surface area contributed by atoms with Gasteiger partial charge in [-0.2, -0.15) is 5.10 Å². The first-order valence-electron chi connectivity index (χ1n) is 6.36. The standard InChI is InChI=1S/C13H16N4OS.ClH/c1-9-8-14-4-5-17(9)13(18)11-7-10(15-16-11)12-3-2-6-19-12;/h2-3,6-7,9,14H,4-5,8H2,1H3,(H,15,16);1H/t9-;/m1./s1. The minimum absolute atomic E-state index is 0. The van der Waals surface area contributed by atoms with Gasteiger partial charge >= 0.3 is 0 Å². The predicted molar refractivity (Wildman–Crippen MR) is 82.5 cm³/mol. The molecule has 0 saturated carbocycles. The first-order chi connectivity index (χ1) is 9.25. The van der Waals surface area contributed by atoms with E-state index in [0.29, 0.717) is 5.69 Å². The number of carbonyl (C=O) groups is 1. The second-order valence-corrected chi connectivity index (χ2v) is 5.64. The van der Waals surface area contributed by atoms with Crippen LogP contribution in [0.2, 0.25) is 0 Å². The van der Waals surface area contributed by atoms with Crippen LogP contribution in [0.4, 0.5) is 0 Å². The zero-order valence-electron chi connectivity index (χ0n) is 11.1. The Morgan fingerprint density at radius 3 is 3.10 bits per heavy atom. The van der Waals surface area contributed by atoms with Crippen LogP contribution in [0, 0.1) is 0 Å². The van der Waals surface area contributed by atoms with Crippen LogP contribution in [0.3, 0.4) is 0 Å². The maximum Gasteiger partial charge on any atom is 0.274 e. The average Bonchev–Trinajstić information content (AvgIpc) is 3.09. The van der Waals surface area contributed by atoms with Gasteiger partial charge in [0.05, 0.1) is 10.6 Å². The molecule has 7 heteroatoms. The summed E-state index contributed by atoms with van der Waals surface area (Å²) in [6.45, 7) is 4.48. The molecule has 1 fully saturated rings. The molecule has 3 heterocycles. The van der Waals surface area contributed by atoms with Gasteiger partial charge in [0.15, 0.2) is 5.69 Å². The summed E-state index contributed by atoms with van der Waals surface area (Å²) in [5.41, 5.74) is 1.40. The summed E-state index contributed by atoms with van der Waals surface area (Å²) in [7, 11) is 0. The van der Waals surface area contributed by atoms with Gasteiger partial charge in [-0.15, -0.1) is 23.7 Å². The number of aromatic nitrogens is 2. The summed E-state index contributed by atoms with van der Waals surface area (Å²) < 4.78 is 0. The van der Waals surface area contributed by atoms with E-state index in [1.165, 1.54) is 0 Å². The van der Waals surface area contributed by atoms with E-state index >= 15 is 0 Å². The van der Waals surface area contributed by atoms with Gasteiger partial charge in [-0.3, -0.25) is 9.89 Å². The van der Waals surface area contributed by atoms with Gasteiger partial charge < -0.3 is 10.2 Å². The number of carbonyl (C=O) groups excluding carboxylic acids is 1. The lowest BCUT2D eigenvalue weighted by atomic mass is 10.2. The van der Waals surface area contributed by atoms with Gasteiger partial charge in [-0.05, 0) is 24.4 Å². The highest BCUT2D eigenvalue weighted by molar-refractivity contribution is 7.13. The summed E-state index contributed by atoms with van der Waals surface area (Å²) >= 11 is 1.63. The highest BCUT2D eigenvalue weighted by Gasteiger charge is 2.25. The maximum atomic E-state index is 12.4. The molecule has 108 valence electrons. The molecule has 1 saturated heterocycles. The number of H-pyrrole nitrogens is 1. The number of hydrogen-bond donors (Lipinski definition) is 2. The summed E-state index contributed by atoms with van der Waals surface area (Å²) in [4.78, 5) is 15.4. The van der Waals surface area contributed by atoms with Crippen LogP contribution >= 0.6 is 23.7 Å². The summed E-state index contributed by atoms with van der Waals surface area (Å²) in [6, 6.07) is 6.05. The minimum atomic E-state index is 0. The molecular formula is C13H17ClN4OS. The first kappa shape index (κ1) is 15.0. The first-order valence-corrected chi connectivity index (χ1v) is 7.24. The molecule has 0 aliphatic carbocycles. The zero-order chi connectivity index (χ0) is 13.2. The van der Waals surface area contributed by atoms with E-state index in [1.807, 2.05) is 28.5 Å². The van der Waals surface area contributed by atoms with Crippen LogP contribution in [0.1, 0.15) is 17.4 Å². The van der Waals surface area contributed by atoms with Gasteiger partial charge in [0.25, 0.3) is 5.91 Å². The smallest absolute Gasteiger partial charge is 0.274 e. The Labute approximate surface area is 127 Å². The van der Waals surface area contributed by atoms with E-state index in [2.05, 4.69) is 22.4 Å². The van der Waals surface area contributed by atoms with Crippen LogP contribution < -0.4 is 5.32 Å². The molecule has 0 bridgehead atoms. The van der Waals surface area contributed by atoms with Gasteiger partial charge in [0.1, 0.15) is 0 Å². The second-order valence-electron chi connectivity index (χ2n) is 4.70. The average molecular weight is 313 g/mol. The lowest BCUT2D eigenvalue weighted by Gasteiger charge is -2.33. The van der Waals surface area contributed by atoms with E-state index in [1.54, 1.807) is 11.3 Å². The maximum absolute atomic E-state index is 12.4. The number of hydrogen-bond acceptors (Lipinski definition) is 4. The third kappa shape index (κ3) is 2.87. The van der Waals surface area contributed by atoms with Crippen molar-refractivity contribution >= 4 is 29.7 Å². The van der Waals surface area contributed by atoms with Crippen LogP contribution in [0.5, 0.6) is 0 Å². The fourth-order valence-electron chi connectivity index (χ4n) is 2.28. The Morgan fingerprint density at radius 1 is 1.55 bits per heavy atom. The molecule has 1 atom stereocenters. The Hall–Kier alpha value is -1.37. The Morgan fingerprint density at radius 2 is 2.40 bits per heavy atom. The van der Waals surface area contributed by atoms with Crippen molar-refractivity contribution in [3.63, 3.8) is 0 Å².